The van der Waals surface area contributed by atoms with Crippen molar-refractivity contribution in [2.24, 2.45) is 0 Å². The van der Waals surface area contributed by atoms with E-state index in [1.165, 1.54) is 10.6 Å². The minimum absolute atomic E-state index is 0.0110. The Hall–Kier alpha value is -2.00. The van der Waals surface area contributed by atoms with E-state index in [0.29, 0.717) is 0 Å². The van der Waals surface area contributed by atoms with E-state index in [1.807, 2.05) is 18.3 Å². The number of hydrogen-bond donors (Lipinski definition) is 1. The number of pyridine rings is 1. The molecule has 0 saturated carbocycles. The topological polar surface area (TPSA) is 40.6 Å². The molecule has 154 valence electrons. The predicted octanol–water partition coefficient (Wildman–Crippen LogP) is 4.92. The van der Waals surface area contributed by atoms with Gasteiger partial charge in [-0.15, -0.1) is 11.3 Å². The van der Waals surface area contributed by atoms with Crippen LogP contribution in [0.2, 0.25) is 0 Å². The van der Waals surface area contributed by atoms with Crippen molar-refractivity contribution < 1.29 is 4.74 Å². The number of ether oxygens (including phenoxy) is 1. The number of nitrogens with one attached hydrogen (secondary N) is 1. The van der Waals surface area contributed by atoms with Gasteiger partial charge in [0.2, 0.25) is 0 Å². The molecule has 5 nitrogen and oxygen atoms in total. The molecular weight excluding hydrogens is 480 g/mol. The molecule has 1 aromatic carbocycles. The summed E-state index contributed by atoms with van der Waals surface area (Å²) in [5.41, 5.74) is 3.29. The first kappa shape index (κ1) is 19.9. The zero-order valence-electron chi connectivity index (χ0n) is 16.2. The number of halogens is 1. The van der Waals surface area contributed by atoms with Gasteiger partial charge in [0.05, 0.1) is 34.8 Å². The quantitative estimate of drug-likeness (QED) is 0.512. The van der Waals surface area contributed by atoms with Crippen LogP contribution in [0.3, 0.4) is 0 Å². The van der Waals surface area contributed by atoms with Gasteiger partial charge in [0, 0.05) is 35.5 Å². The van der Waals surface area contributed by atoms with E-state index in [2.05, 4.69) is 78.5 Å². The maximum absolute atomic E-state index is 5.79. The van der Waals surface area contributed by atoms with Gasteiger partial charge in [-0.1, -0.05) is 6.07 Å². The Morgan fingerprint density at radius 2 is 1.80 bits per heavy atom. The third-order valence-corrected chi connectivity index (χ3v) is 7.50. The van der Waals surface area contributed by atoms with Gasteiger partial charge in [-0.3, -0.25) is 4.98 Å². The Labute approximate surface area is 193 Å². The number of morpholine rings is 1. The summed E-state index contributed by atoms with van der Waals surface area (Å²) in [6.45, 7) is 3.42. The van der Waals surface area contributed by atoms with Crippen LogP contribution in [0.25, 0.3) is 0 Å². The molecule has 4 heterocycles. The Morgan fingerprint density at radius 3 is 2.47 bits per heavy atom. The summed E-state index contributed by atoms with van der Waals surface area (Å²) < 4.78 is 6.58. The molecule has 2 unspecified atom stereocenters. The normalized spacial score (nSPS) is 21.7. The standard InChI is InChI=1S/C22H21BrN4OS2/c23-19-9-8-18(30-19)21-20(17-3-1-2-10-24-17)25-22(29)27(21)16-6-4-15(5-7-16)26-11-13-28-14-12-26/h1-10,20-21H,11-14H2,(H,25,29). The minimum Gasteiger partial charge on any atom is -0.378 e. The lowest BCUT2D eigenvalue weighted by atomic mass is 10.0. The van der Waals surface area contributed by atoms with Crippen LogP contribution in [-0.4, -0.2) is 36.4 Å². The third kappa shape index (κ3) is 3.85. The van der Waals surface area contributed by atoms with Gasteiger partial charge in [0.1, 0.15) is 0 Å². The number of hydrogen-bond acceptors (Lipinski definition) is 5. The van der Waals surface area contributed by atoms with Crippen LogP contribution in [0, 0.1) is 0 Å². The van der Waals surface area contributed by atoms with Crippen LogP contribution in [0.5, 0.6) is 0 Å². The number of anilines is 2. The monoisotopic (exact) mass is 500 g/mol. The summed E-state index contributed by atoms with van der Waals surface area (Å²) in [7, 11) is 0. The molecule has 5 rings (SSSR count). The van der Waals surface area contributed by atoms with Crippen LogP contribution in [-0.2, 0) is 4.74 Å². The van der Waals surface area contributed by atoms with Crippen LogP contribution < -0.4 is 15.1 Å². The van der Waals surface area contributed by atoms with E-state index < -0.39 is 0 Å². The first-order valence-corrected chi connectivity index (χ1v) is 11.9. The largest absolute Gasteiger partial charge is 0.378 e. The number of thiocarbonyl (C=S) groups is 1. The van der Waals surface area contributed by atoms with Crippen LogP contribution in [0.15, 0.2) is 64.6 Å². The molecule has 2 aliphatic heterocycles. The fraction of sp³-hybridized carbons (Fsp3) is 0.273. The lowest BCUT2D eigenvalue weighted by Gasteiger charge is -2.30. The molecule has 0 amide bonds. The lowest BCUT2D eigenvalue weighted by molar-refractivity contribution is 0.122. The van der Waals surface area contributed by atoms with Gasteiger partial charge < -0.3 is 19.9 Å². The van der Waals surface area contributed by atoms with Crippen LogP contribution in [0.4, 0.5) is 11.4 Å². The average molecular weight is 501 g/mol. The molecule has 0 spiro atoms. The molecule has 2 aromatic heterocycles. The maximum Gasteiger partial charge on any atom is 0.174 e. The van der Waals surface area contributed by atoms with E-state index in [-0.39, 0.29) is 12.1 Å². The Balaban J connectivity index is 1.50. The fourth-order valence-corrected chi connectivity index (χ4v) is 5.95. The molecule has 8 heteroatoms. The molecular formula is C22H21BrN4OS2. The minimum atomic E-state index is -0.0110. The number of benzene rings is 1. The summed E-state index contributed by atoms with van der Waals surface area (Å²) in [6.07, 6.45) is 1.83. The summed E-state index contributed by atoms with van der Waals surface area (Å²) in [4.78, 5) is 10.4. The molecule has 2 atom stereocenters. The van der Waals surface area contributed by atoms with E-state index in [1.54, 1.807) is 11.3 Å². The van der Waals surface area contributed by atoms with Crippen molar-refractivity contribution in [2.45, 2.75) is 12.1 Å². The molecule has 0 radical (unpaired) electrons. The van der Waals surface area contributed by atoms with Gasteiger partial charge in [-0.25, -0.2) is 0 Å². The second-order valence-corrected chi connectivity index (χ2v) is 10.1. The highest BCUT2D eigenvalue weighted by atomic mass is 79.9. The van der Waals surface area contributed by atoms with E-state index >= 15 is 0 Å². The van der Waals surface area contributed by atoms with Crippen molar-refractivity contribution in [1.29, 1.82) is 0 Å². The fourth-order valence-electron chi connectivity index (χ4n) is 4.05. The Morgan fingerprint density at radius 1 is 1.03 bits per heavy atom. The van der Waals surface area contributed by atoms with Crippen LogP contribution >= 0.6 is 39.5 Å². The third-order valence-electron chi connectivity index (χ3n) is 5.49. The average Bonchev–Trinajstić information content (AvgIpc) is 3.38. The van der Waals surface area contributed by atoms with E-state index in [9.17, 15) is 0 Å². The van der Waals surface area contributed by atoms with Crippen molar-refractivity contribution in [3.8, 4) is 0 Å². The van der Waals surface area contributed by atoms with Crippen molar-refractivity contribution >= 4 is 56.0 Å². The van der Waals surface area contributed by atoms with E-state index in [4.69, 9.17) is 17.0 Å². The Kier molecular flexibility index (Phi) is 5.73. The zero-order chi connectivity index (χ0) is 20.5. The van der Waals surface area contributed by atoms with Crippen molar-refractivity contribution in [3.63, 3.8) is 0 Å². The summed E-state index contributed by atoms with van der Waals surface area (Å²) in [5.74, 6) is 0. The van der Waals surface area contributed by atoms with Crippen molar-refractivity contribution in [1.82, 2.24) is 10.3 Å². The van der Waals surface area contributed by atoms with Gasteiger partial charge in [-0.2, -0.15) is 0 Å². The lowest BCUT2D eigenvalue weighted by Crippen LogP contribution is -2.36. The summed E-state index contributed by atoms with van der Waals surface area (Å²) in [6, 6.07) is 19.0. The Bertz CT molecular complexity index is 1020. The second kappa shape index (κ2) is 8.63. The first-order valence-electron chi connectivity index (χ1n) is 9.89. The highest BCUT2D eigenvalue weighted by molar-refractivity contribution is 9.11. The summed E-state index contributed by atoms with van der Waals surface area (Å²) in [5, 5.41) is 4.24. The smallest absolute Gasteiger partial charge is 0.174 e. The van der Waals surface area contributed by atoms with Gasteiger partial charge in [0.25, 0.3) is 0 Å². The molecule has 30 heavy (non-hydrogen) atoms. The predicted molar refractivity (Wildman–Crippen MR) is 129 cm³/mol. The number of aromatic nitrogens is 1. The first-order chi connectivity index (χ1) is 14.7. The van der Waals surface area contributed by atoms with Crippen LogP contribution in [0.1, 0.15) is 22.7 Å². The molecule has 2 aliphatic rings. The molecule has 2 fully saturated rings. The molecule has 1 N–H and O–H groups in total. The van der Waals surface area contributed by atoms with E-state index in [0.717, 1.165) is 46.6 Å². The number of nitrogens with zero attached hydrogens (tertiary/aromatic N) is 3. The van der Waals surface area contributed by atoms with Crippen molar-refractivity contribution in [2.75, 3.05) is 36.1 Å². The SMILES string of the molecule is S=C1NC(c2ccccn2)C(c2ccc(Br)s2)N1c1ccc(N2CCOCC2)cc1. The summed E-state index contributed by atoms with van der Waals surface area (Å²) >= 11 is 11.1. The molecule has 2 saturated heterocycles. The molecule has 0 aliphatic carbocycles. The second-order valence-electron chi connectivity index (χ2n) is 7.25. The maximum atomic E-state index is 5.79. The zero-order valence-corrected chi connectivity index (χ0v) is 19.4. The highest BCUT2D eigenvalue weighted by Gasteiger charge is 2.41. The van der Waals surface area contributed by atoms with Gasteiger partial charge >= 0.3 is 0 Å². The number of thiophene rings is 1. The van der Waals surface area contributed by atoms with Crippen molar-refractivity contribution in [3.05, 3.63) is 75.2 Å². The number of rotatable bonds is 4. The van der Waals surface area contributed by atoms with Gasteiger partial charge in [-0.05, 0) is 76.7 Å². The molecule has 3 aromatic rings. The van der Waals surface area contributed by atoms with Gasteiger partial charge in [0.15, 0.2) is 5.11 Å². The molecule has 0 bridgehead atoms. The highest BCUT2D eigenvalue weighted by Crippen LogP contribution is 2.44.